The summed E-state index contributed by atoms with van der Waals surface area (Å²) in [5.41, 5.74) is 2.89. The number of hydrogen-bond donors (Lipinski definition) is 2. The van der Waals surface area contributed by atoms with Gasteiger partial charge in [-0.05, 0) is 53.5 Å². The van der Waals surface area contributed by atoms with E-state index in [9.17, 15) is 9.59 Å². The summed E-state index contributed by atoms with van der Waals surface area (Å²) in [6.07, 6.45) is 0.284. The monoisotopic (exact) mass is 445 g/mol. The number of thiazole rings is 1. The molecule has 0 aliphatic carbocycles. The molecule has 0 atom stereocenters. The summed E-state index contributed by atoms with van der Waals surface area (Å²) in [6, 6.07) is 0. The first kappa shape index (κ1) is 22.6. The molecule has 2 amide bonds. The average molecular weight is 446 g/mol. The zero-order chi connectivity index (χ0) is 22.8. The van der Waals surface area contributed by atoms with Gasteiger partial charge in [-0.25, -0.2) is 19.3 Å². The Morgan fingerprint density at radius 1 is 1.16 bits per heavy atom. The van der Waals surface area contributed by atoms with E-state index in [1.807, 2.05) is 26.2 Å². The third-order valence-corrected chi connectivity index (χ3v) is 5.23. The maximum atomic E-state index is 12.3. The highest BCUT2D eigenvalue weighted by molar-refractivity contribution is 7.13. The fourth-order valence-corrected chi connectivity index (χ4v) is 3.69. The van der Waals surface area contributed by atoms with Crippen molar-refractivity contribution in [2.75, 3.05) is 5.32 Å². The van der Waals surface area contributed by atoms with Crippen LogP contribution < -0.4 is 10.6 Å². The van der Waals surface area contributed by atoms with Crippen LogP contribution in [0, 0.1) is 20.8 Å². The van der Waals surface area contributed by atoms with Crippen molar-refractivity contribution < 1.29 is 14.3 Å². The maximum Gasteiger partial charge on any atom is 0.408 e. The van der Waals surface area contributed by atoms with Gasteiger partial charge in [0.05, 0.1) is 12.2 Å². The Kier molecular flexibility index (Phi) is 6.54. The number of ether oxygens (including phenoxy) is 1. The molecule has 0 aromatic carbocycles. The molecule has 3 rings (SSSR count). The van der Waals surface area contributed by atoms with Crippen LogP contribution in [0.1, 0.15) is 55.7 Å². The van der Waals surface area contributed by atoms with Crippen LogP contribution in [0.3, 0.4) is 0 Å². The summed E-state index contributed by atoms with van der Waals surface area (Å²) in [5.74, 6) is 0.770. The van der Waals surface area contributed by atoms with Gasteiger partial charge in [-0.15, -0.1) is 16.4 Å². The van der Waals surface area contributed by atoms with Gasteiger partial charge in [0.1, 0.15) is 5.60 Å². The minimum atomic E-state index is -0.578. The van der Waals surface area contributed by atoms with E-state index in [0.717, 1.165) is 22.6 Å². The van der Waals surface area contributed by atoms with Crippen LogP contribution in [0.15, 0.2) is 5.38 Å². The topological polar surface area (TPSA) is 123 Å². The molecule has 3 heterocycles. The van der Waals surface area contributed by atoms with Crippen molar-refractivity contribution in [3.05, 3.63) is 33.8 Å². The summed E-state index contributed by atoms with van der Waals surface area (Å²) in [4.78, 5) is 37.3. The Balaban J connectivity index is 1.67. The SMILES string of the molecule is Cc1csc(NC(=O)CCc2c(C)nc3nc(CNC(=O)OC(C)(C)C)nn3c2C)n1. The van der Waals surface area contributed by atoms with Crippen molar-refractivity contribution in [2.24, 2.45) is 0 Å². The van der Waals surface area contributed by atoms with Crippen molar-refractivity contribution >= 4 is 34.2 Å². The molecule has 0 bridgehead atoms. The number of rotatable bonds is 6. The van der Waals surface area contributed by atoms with E-state index in [1.54, 1.807) is 25.3 Å². The standard InChI is InChI=1S/C20H27N7O3S/c1-11-10-31-18(22-11)25-16(28)8-7-14-12(2)23-17-24-15(26-27(17)13(14)3)9-21-19(29)30-20(4,5)6/h10H,7-9H2,1-6H3,(H,21,29)(H,22,25,28). The number of amides is 2. The molecule has 0 saturated carbocycles. The maximum absolute atomic E-state index is 12.3. The smallest absolute Gasteiger partial charge is 0.408 e. The van der Waals surface area contributed by atoms with Gasteiger partial charge < -0.3 is 15.4 Å². The number of nitrogens with one attached hydrogen (secondary N) is 2. The van der Waals surface area contributed by atoms with Gasteiger partial charge in [-0.1, -0.05) is 0 Å². The highest BCUT2D eigenvalue weighted by Crippen LogP contribution is 2.18. The van der Waals surface area contributed by atoms with Crippen LogP contribution in [0.4, 0.5) is 9.93 Å². The summed E-state index contributed by atoms with van der Waals surface area (Å²) in [6.45, 7) is 11.2. The van der Waals surface area contributed by atoms with Crippen LogP contribution in [-0.2, 0) is 22.5 Å². The fraction of sp³-hybridized carbons (Fsp3) is 0.500. The molecule has 0 aliphatic rings. The number of anilines is 1. The number of carbonyl (C=O) groups excluding carboxylic acids is 2. The third-order valence-electron chi connectivity index (χ3n) is 4.35. The van der Waals surface area contributed by atoms with Crippen molar-refractivity contribution in [2.45, 2.75) is 66.5 Å². The molecule has 0 unspecified atom stereocenters. The molecule has 0 saturated heterocycles. The molecular weight excluding hydrogens is 418 g/mol. The van der Waals surface area contributed by atoms with E-state index in [4.69, 9.17) is 4.74 Å². The number of hydrogen-bond acceptors (Lipinski definition) is 8. The van der Waals surface area contributed by atoms with Gasteiger partial charge in [-0.3, -0.25) is 4.79 Å². The minimum absolute atomic E-state index is 0.103. The van der Waals surface area contributed by atoms with Crippen molar-refractivity contribution in [1.82, 2.24) is 29.9 Å². The zero-order valence-corrected chi connectivity index (χ0v) is 19.4. The van der Waals surface area contributed by atoms with Gasteiger partial charge in [0.15, 0.2) is 11.0 Å². The Morgan fingerprint density at radius 2 is 1.90 bits per heavy atom. The lowest BCUT2D eigenvalue weighted by molar-refractivity contribution is -0.116. The van der Waals surface area contributed by atoms with Crippen molar-refractivity contribution in [3.63, 3.8) is 0 Å². The second-order valence-electron chi connectivity index (χ2n) is 8.20. The Morgan fingerprint density at radius 3 is 2.55 bits per heavy atom. The van der Waals surface area contributed by atoms with E-state index >= 15 is 0 Å². The highest BCUT2D eigenvalue weighted by Gasteiger charge is 2.18. The molecule has 11 heteroatoms. The molecule has 31 heavy (non-hydrogen) atoms. The molecule has 3 aromatic rings. The van der Waals surface area contributed by atoms with Gasteiger partial charge in [-0.2, -0.15) is 4.98 Å². The largest absolute Gasteiger partial charge is 0.444 e. The molecular formula is C20H27N7O3S. The molecule has 3 aromatic heterocycles. The molecule has 0 radical (unpaired) electrons. The van der Waals surface area contributed by atoms with E-state index in [2.05, 4.69) is 30.7 Å². The Hall–Kier alpha value is -3.08. The molecule has 166 valence electrons. The van der Waals surface area contributed by atoms with E-state index in [-0.39, 0.29) is 12.5 Å². The average Bonchev–Trinajstić information content (AvgIpc) is 3.24. The lowest BCUT2D eigenvalue weighted by atomic mass is 10.1. The van der Waals surface area contributed by atoms with Crippen molar-refractivity contribution in [1.29, 1.82) is 0 Å². The number of aromatic nitrogens is 5. The first-order valence-corrected chi connectivity index (χ1v) is 10.8. The lowest BCUT2D eigenvalue weighted by Crippen LogP contribution is -2.32. The Bertz CT molecular complexity index is 1110. The first-order valence-electron chi connectivity index (χ1n) is 9.92. The summed E-state index contributed by atoms with van der Waals surface area (Å²) in [7, 11) is 0. The number of alkyl carbamates (subject to hydrolysis) is 1. The number of nitrogens with zero attached hydrogens (tertiary/aromatic N) is 5. The normalized spacial score (nSPS) is 11.5. The summed E-state index contributed by atoms with van der Waals surface area (Å²) >= 11 is 1.40. The lowest BCUT2D eigenvalue weighted by Gasteiger charge is -2.19. The van der Waals surface area contributed by atoms with Crippen LogP contribution in [0.5, 0.6) is 0 Å². The van der Waals surface area contributed by atoms with E-state index in [0.29, 0.717) is 29.6 Å². The quantitative estimate of drug-likeness (QED) is 0.597. The Labute approximate surface area is 184 Å². The summed E-state index contributed by atoms with van der Waals surface area (Å²) in [5, 5.41) is 12.4. The number of fused-ring (bicyclic) bond motifs is 1. The van der Waals surface area contributed by atoms with E-state index in [1.165, 1.54) is 11.3 Å². The number of carbonyl (C=O) groups is 2. The summed E-state index contributed by atoms with van der Waals surface area (Å²) < 4.78 is 6.86. The van der Waals surface area contributed by atoms with Crippen LogP contribution in [0.2, 0.25) is 0 Å². The first-order chi connectivity index (χ1) is 14.5. The molecule has 0 spiro atoms. The van der Waals surface area contributed by atoms with Gasteiger partial charge >= 0.3 is 6.09 Å². The molecule has 2 N–H and O–H groups in total. The highest BCUT2D eigenvalue weighted by atomic mass is 32.1. The fourth-order valence-electron chi connectivity index (χ4n) is 2.98. The van der Waals surface area contributed by atoms with Crippen LogP contribution >= 0.6 is 11.3 Å². The molecule has 0 aliphatic heterocycles. The van der Waals surface area contributed by atoms with Gasteiger partial charge in [0.25, 0.3) is 5.78 Å². The third kappa shape index (κ3) is 5.97. The zero-order valence-electron chi connectivity index (χ0n) is 18.6. The molecule has 0 fully saturated rings. The minimum Gasteiger partial charge on any atom is -0.444 e. The predicted molar refractivity (Wildman–Crippen MR) is 117 cm³/mol. The predicted octanol–water partition coefficient (Wildman–Crippen LogP) is 3.10. The van der Waals surface area contributed by atoms with Crippen molar-refractivity contribution in [3.8, 4) is 0 Å². The van der Waals surface area contributed by atoms with E-state index < -0.39 is 11.7 Å². The van der Waals surface area contributed by atoms with Gasteiger partial charge in [0.2, 0.25) is 5.91 Å². The van der Waals surface area contributed by atoms with Gasteiger partial charge in [0, 0.05) is 23.2 Å². The van der Waals surface area contributed by atoms with Crippen LogP contribution in [0.25, 0.3) is 5.78 Å². The number of aryl methyl sites for hydroxylation is 3. The second-order valence-corrected chi connectivity index (χ2v) is 9.06. The van der Waals surface area contributed by atoms with Crippen LogP contribution in [-0.4, -0.2) is 42.2 Å². The second kappa shape index (κ2) is 8.96. The molecule has 10 nitrogen and oxygen atoms in total.